The van der Waals surface area contributed by atoms with E-state index >= 15 is 0 Å². The van der Waals surface area contributed by atoms with Crippen molar-refractivity contribution in [2.45, 2.75) is 38.9 Å². The molecule has 0 bridgehead atoms. The van der Waals surface area contributed by atoms with Crippen molar-refractivity contribution in [3.63, 3.8) is 0 Å². The summed E-state index contributed by atoms with van der Waals surface area (Å²) in [6, 6.07) is 38.7. The van der Waals surface area contributed by atoms with E-state index < -0.39 is 18.3 Å². The maximum atomic E-state index is 9.41. The fourth-order valence-corrected chi connectivity index (χ4v) is 4.98. The van der Waals surface area contributed by atoms with Gasteiger partial charge in [-0.05, 0) is 57.4 Å². The van der Waals surface area contributed by atoms with Gasteiger partial charge in [0.1, 0.15) is 5.82 Å². The normalized spacial score (nSPS) is 15.6. The molecule has 0 spiro atoms. The van der Waals surface area contributed by atoms with Gasteiger partial charge in [-0.3, -0.25) is 4.57 Å². The number of benzene rings is 4. The Morgan fingerprint density at radius 3 is 1.77 bits per heavy atom. The second-order valence-electron chi connectivity index (χ2n) is 11.1. The van der Waals surface area contributed by atoms with Crippen LogP contribution in [0.3, 0.4) is 0 Å². The van der Waals surface area contributed by atoms with Crippen LogP contribution in [0.4, 0.5) is 0 Å². The molecule has 1 fully saturated rings. The van der Waals surface area contributed by atoms with Crippen LogP contribution in [0.2, 0.25) is 0 Å². The molecular formula is C34H30BN3O2. The molecule has 0 atom stereocenters. The van der Waals surface area contributed by atoms with E-state index in [1.54, 1.807) is 0 Å². The second kappa shape index (κ2) is 9.95. The van der Waals surface area contributed by atoms with Crippen LogP contribution in [0.25, 0.3) is 39.6 Å². The summed E-state index contributed by atoms with van der Waals surface area (Å²) < 4.78 is 14.7. The van der Waals surface area contributed by atoms with Crippen LogP contribution in [0.15, 0.2) is 109 Å². The van der Waals surface area contributed by atoms with Gasteiger partial charge in [-0.1, -0.05) is 84.9 Å². The zero-order valence-corrected chi connectivity index (χ0v) is 23.1. The number of nitriles is 1. The third-order valence-corrected chi connectivity index (χ3v) is 7.92. The van der Waals surface area contributed by atoms with Gasteiger partial charge in [-0.15, -0.1) is 0 Å². The molecule has 5 aromatic rings. The largest absolute Gasteiger partial charge is 0.494 e. The van der Waals surface area contributed by atoms with Crippen molar-refractivity contribution in [3.8, 4) is 45.7 Å². The summed E-state index contributed by atoms with van der Waals surface area (Å²) in [5, 5.41) is 9.41. The first-order valence-electron chi connectivity index (χ1n) is 13.5. The minimum Gasteiger partial charge on any atom is -0.399 e. The van der Waals surface area contributed by atoms with Crippen molar-refractivity contribution < 1.29 is 9.31 Å². The van der Waals surface area contributed by atoms with E-state index in [1.165, 1.54) is 0 Å². The predicted octanol–water partition coefficient (Wildman–Crippen LogP) is 7.04. The summed E-state index contributed by atoms with van der Waals surface area (Å²) in [6.07, 6.45) is 0. The standard InChI is InChI=1S/C34H30BN3O2/c1-33(2)34(3,4)40-35(39-33)28-19-17-27(18-20-28)32-37-30(25-11-7-5-8-12-25)31(26-13-9-6-10-14-26)38(32)29-21-15-24(23-36)16-22-29/h5-22H,1-4H3. The highest BCUT2D eigenvalue weighted by atomic mass is 16.7. The lowest BCUT2D eigenvalue weighted by atomic mass is 9.79. The molecule has 0 amide bonds. The summed E-state index contributed by atoms with van der Waals surface area (Å²) in [7, 11) is -0.433. The van der Waals surface area contributed by atoms with Crippen molar-refractivity contribution in [2.24, 2.45) is 0 Å². The summed E-state index contributed by atoms with van der Waals surface area (Å²) in [4.78, 5) is 5.25. The molecule has 0 aliphatic carbocycles. The molecule has 6 rings (SSSR count). The molecule has 0 unspecified atom stereocenters. The van der Waals surface area contributed by atoms with Gasteiger partial charge in [0.15, 0.2) is 0 Å². The van der Waals surface area contributed by atoms with Crippen LogP contribution in [0, 0.1) is 11.3 Å². The van der Waals surface area contributed by atoms with Crippen molar-refractivity contribution in [1.29, 1.82) is 5.26 Å². The molecule has 6 heteroatoms. The van der Waals surface area contributed by atoms with Crippen LogP contribution in [-0.4, -0.2) is 27.9 Å². The SMILES string of the molecule is CC1(C)OB(c2ccc(-c3nc(-c4ccccc4)c(-c4ccccc4)n3-c3ccc(C#N)cc3)cc2)OC1(C)C. The Bertz CT molecular complexity index is 1670. The van der Waals surface area contributed by atoms with Gasteiger partial charge in [0.05, 0.1) is 34.2 Å². The fourth-order valence-electron chi connectivity index (χ4n) is 4.98. The third-order valence-electron chi connectivity index (χ3n) is 7.92. The van der Waals surface area contributed by atoms with E-state index in [0.29, 0.717) is 5.56 Å². The maximum absolute atomic E-state index is 9.41. The molecule has 1 aromatic heterocycles. The zero-order chi connectivity index (χ0) is 27.9. The summed E-state index contributed by atoms with van der Waals surface area (Å²) in [5.74, 6) is 0.808. The number of nitrogens with zero attached hydrogens (tertiary/aromatic N) is 3. The Morgan fingerprint density at radius 1 is 0.675 bits per heavy atom. The van der Waals surface area contributed by atoms with Crippen molar-refractivity contribution >= 4 is 12.6 Å². The number of aromatic nitrogens is 2. The van der Waals surface area contributed by atoms with Gasteiger partial charge in [0.25, 0.3) is 0 Å². The number of imidazole rings is 1. The highest BCUT2D eigenvalue weighted by molar-refractivity contribution is 6.62. The lowest BCUT2D eigenvalue weighted by molar-refractivity contribution is 0.00578. The van der Waals surface area contributed by atoms with Crippen LogP contribution in [-0.2, 0) is 9.31 Å². The molecule has 2 heterocycles. The van der Waals surface area contributed by atoms with Crippen LogP contribution < -0.4 is 5.46 Å². The number of rotatable bonds is 5. The van der Waals surface area contributed by atoms with Crippen molar-refractivity contribution in [3.05, 3.63) is 115 Å². The van der Waals surface area contributed by atoms with Gasteiger partial charge in [0.2, 0.25) is 0 Å². The van der Waals surface area contributed by atoms with E-state index in [1.807, 2.05) is 60.7 Å². The monoisotopic (exact) mass is 523 g/mol. The molecule has 196 valence electrons. The lowest BCUT2D eigenvalue weighted by Crippen LogP contribution is -2.41. The fraction of sp³-hybridized carbons (Fsp3) is 0.176. The summed E-state index contributed by atoms with van der Waals surface area (Å²) in [6.45, 7) is 8.25. The first-order valence-corrected chi connectivity index (χ1v) is 13.5. The van der Waals surface area contributed by atoms with Crippen LogP contribution >= 0.6 is 0 Å². The van der Waals surface area contributed by atoms with Gasteiger partial charge < -0.3 is 9.31 Å². The summed E-state index contributed by atoms with van der Waals surface area (Å²) in [5.41, 5.74) is 6.62. The van der Waals surface area contributed by atoms with Crippen LogP contribution in [0.1, 0.15) is 33.3 Å². The Labute approximate surface area is 235 Å². The Hall–Kier alpha value is -4.44. The molecule has 1 aliphatic rings. The molecule has 5 nitrogen and oxygen atoms in total. The maximum Gasteiger partial charge on any atom is 0.494 e. The Balaban J connectivity index is 1.53. The van der Waals surface area contributed by atoms with E-state index in [0.717, 1.165) is 45.1 Å². The number of hydrogen-bond acceptors (Lipinski definition) is 4. The molecule has 40 heavy (non-hydrogen) atoms. The Morgan fingerprint density at radius 2 is 1.23 bits per heavy atom. The first kappa shape index (κ1) is 25.8. The minimum atomic E-state index is -0.433. The van der Waals surface area contributed by atoms with Crippen LogP contribution in [0.5, 0.6) is 0 Å². The van der Waals surface area contributed by atoms with Crippen molar-refractivity contribution in [2.75, 3.05) is 0 Å². The highest BCUT2D eigenvalue weighted by Crippen LogP contribution is 2.39. The molecule has 0 N–H and O–H groups in total. The van der Waals surface area contributed by atoms with E-state index in [4.69, 9.17) is 14.3 Å². The molecule has 1 aliphatic heterocycles. The Kier molecular flexibility index (Phi) is 6.42. The first-order chi connectivity index (χ1) is 19.3. The highest BCUT2D eigenvalue weighted by Gasteiger charge is 2.51. The van der Waals surface area contributed by atoms with E-state index in [9.17, 15) is 5.26 Å². The quantitative estimate of drug-likeness (QED) is 0.232. The molecule has 0 saturated carbocycles. The average molecular weight is 523 g/mol. The van der Waals surface area contributed by atoms with Gasteiger partial charge in [-0.2, -0.15) is 5.26 Å². The lowest BCUT2D eigenvalue weighted by Gasteiger charge is -2.32. The van der Waals surface area contributed by atoms with E-state index in [-0.39, 0.29) is 0 Å². The third kappa shape index (κ3) is 4.54. The second-order valence-corrected chi connectivity index (χ2v) is 11.1. The van der Waals surface area contributed by atoms with E-state index in [2.05, 4.69) is 86.9 Å². The smallest absolute Gasteiger partial charge is 0.399 e. The molecule has 0 radical (unpaired) electrons. The molecule has 1 saturated heterocycles. The minimum absolute atomic E-state index is 0.405. The predicted molar refractivity (Wildman–Crippen MR) is 160 cm³/mol. The average Bonchev–Trinajstić information content (AvgIpc) is 3.48. The zero-order valence-electron chi connectivity index (χ0n) is 23.1. The van der Waals surface area contributed by atoms with Gasteiger partial charge in [0, 0.05) is 22.4 Å². The van der Waals surface area contributed by atoms with Gasteiger partial charge in [-0.25, -0.2) is 4.98 Å². The topological polar surface area (TPSA) is 60.1 Å². The van der Waals surface area contributed by atoms with Gasteiger partial charge >= 0.3 is 7.12 Å². The molecule has 4 aromatic carbocycles. The molecular weight excluding hydrogens is 493 g/mol. The number of hydrogen-bond donors (Lipinski definition) is 0. The summed E-state index contributed by atoms with van der Waals surface area (Å²) >= 11 is 0. The van der Waals surface area contributed by atoms with Crippen molar-refractivity contribution in [1.82, 2.24) is 9.55 Å².